The first kappa shape index (κ1) is 35.1. The average molecular weight is 624 g/mol. The second-order valence-corrected chi connectivity index (χ2v) is 10.0. The SMILES string of the molecule is CC(O)C(O)C(=O)O.CCO.N/C(=C(\C=NC1CCCCC1)NC(=O)c1csc(-c2cn[nH]c2)n1)c1nc(F)ccc1F. The molecule has 3 heterocycles. The number of carbonyl (C=O) groups is 2. The molecule has 0 aromatic carbocycles. The number of aliphatic imine (C=N–C) groups is 1. The van der Waals surface area contributed by atoms with Gasteiger partial charge in [0.1, 0.15) is 16.4 Å². The van der Waals surface area contributed by atoms with Crippen LogP contribution < -0.4 is 11.1 Å². The van der Waals surface area contributed by atoms with Gasteiger partial charge < -0.3 is 31.5 Å². The predicted octanol–water partition coefficient (Wildman–Crippen LogP) is 2.48. The van der Waals surface area contributed by atoms with Gasteiger partial charge in [-0.05, 0) is 38.8 Å². The zero-order valence-corrected chi connectivity index (χ0v) is 24.4. The Balaban J connectivity index is 0.000000503. The summed E-state index contributed by atoms with van der Waals surface area (Å²) in [5, 5.41) is 43.6. The summed E-state index contributed by atoms with van der Waals surface area (Å²) in [5.74, 6) is -3.65. The lowest BCUT2D eigenvalue weighted by Gasteiger charge is -2.18. The third-order valence-electron chi connectivity index (χ3n) is 5.79. The minimum Gasteiger partial charge on any atom is -0.479 e. The van der Waals surface area contributed by atoms with Gasteiger partial charge in [0.05, 0.1) is 29.7 Å². The smallest absolute Gasteiger partial charge is 0.335 e. The summed E-state index contributed by atoms with van der Waals surface area (Å²) in [6.45, 7) is 3.14. The maximum atomic E-state index is 14.3. The number of aromatic nitrogens is 4. The minimum absolute atomic E-state index is 0.0374. The molecule has 2 unspecified atom stereocenters. The summed E-state index contributed by atoms with van der Waals surface area (Å²) in [6, 6.07) is 1.91. The first-order valence-corrected chi connectivity index (χ1v) is 14.2. The van der Waals surface area contributed by atoms with Crippen molar-refractivity contribution in [2.45, 2.75) is 64.2 Å². The quantitative estimate of drug-likeness (QED) is 0.143. The molecule has 0 radical (unpaired) electrons. The molecule has 3 aromatic rings. The molecule has 234 valence electrons. The monoisotopic (exact) mass is 623 g/mol. The fraction of sp³-hybridized carbons (Fsp3) is 0.407. The van der Waals surface area contributed by atoms with Crippen molar-refractivity contribution in [3.63, 3.8) is 0 Å². The molecule has 4 rings (SSSR count). The Bertz CT molecular complexity index is 1380. The third kappa shape index (κ3) is 11.2. The lowest BCUT2D eigenvalue weighted by Crippen LogP contribution is -2.30. The van der Waals surface area contributed by atoms with Crippen LogP contribution in [0.2, 0.25) is 0 Å². The van der Waals surface area contributed by atoms with Gasteiger partial charge in [0.25, 0.3) is 5.91 Å². The lowest BCUT2D eigenvalue weighted by atomic mass is 9.96. The molecule has 0 spiro atoms. The molecular weight excluding hydrogens is 588 g/mol. The predicted molar refractivity (Wildman–Crippen MR) is 156 cm³/mol. The van der Waals surface area contributed by atoms with Crippen LogP contribution >= 0.6 is 11.3 Å². The summed E-state index contributed by atoms with van der Waals surface area (Å²) in [5.41, 5.74) is 6.42. The number of allylic oxidation sites excluding steroid dienone is 1. The van der Waals surface area contributed by atoms with E-state index in [0.29, 0.717) is 5.01 Å². The fourth-order valence-electron chi connectivity index (χ4n) is 3.59. The highest BCUT2D eigenvalue weighted by atomic mass is 32.1. The standard InChI is InChI=1S/C21H21F2N7OS.C4H8O4.C2H6O/c22-14-6-7-17(23)30-19(14)18(24)15(10-25-13-4-2-1-3-5-13)28-20(31)16-11-32-21(29-16)12-8-26-27-9-12;1-2(5)3(6)4(7)8;1-2-3/h6-11,13H,1-5,24H2,(H,26,27)(H,28,31);2-3,5-6H,1H3,(H,7,8);3H,2H2,1H3/b18-15+,25-10?;;. The largest absolute Gasteiger partial charge is 0.479 e. The number of H-pyrrole nitrogens is 1. The van der Waals surface area contributed by atoms with Crippen LogP contribution in [-0.2, 0) is 4.79 Å². The number of thiazole rings is 1. The van der Waals surface area contributed by atoms with E-state index in [4.69, 9.17) is 26.2 Å². The highest BCUT2D eigenvalue weighted by Gasteiger charge is 2.19. The summed E-state index contributed by atoms with van der Waals surface area (Å²) in [7, 11) is 0. The normalized spacial score (nSPS) is 15.3. The number of nitrogens with one attached hydrogen (secondary N) is 2. The van der Waals surface area contributed by atoms with Crippen LogP contribution in [0.15, 0.2) is 40.6 Å². The second-order valence-electron chi connectivity index (χ2n) is 9.18. The van der Waals surface area contributed by atoms with Gasteiger partial charge in [-0.15, -0.1) is 11.3 Å². The van der Waals surface area contributed by atoms with Crippen molar-refractivity contribution in [1.82, 2.24) is 25.5 Å². The van der Waals surface area contributed by atoms with Gasteiger partial charge in [-0.25, -0.2) is 19.2 Å². The number of amides is 1. The van der Waals surface area contributed by atoms with E-state index in [0.717, 1.165) is 49.8 Å². The number of hydrogen-bond donors (Lipinski definition) is 7. The molecule has 0 aliphatic heterocycles. The maximum absolute atomic E-state index is 14.3. The number of nitrogens with zero attached hydrogens (tertiary/aromatic N) is 4. The van der Waals surface area contributed by atoms with E-state index < -0.39 is 41.5 Å². The number of halogens is 2. The van der Waals surface area contributed by atoms with Crippen molar-refractivity contribution < 1.29 is 38.8 Å². The van der Waals surface area contributed by atoms with Crippen molar-refractivity contribution in [3.8, 4) is 10.6 Å². The molecular formula is C27H35F2N7O6S. The number of carboxylic acids is 1. The Morgan fingerprint density at radius 1 is 1.23 bits per heavy atom. The van der Waals surface area contributed by atoms with E-state index in [9.17, 15) is 18.4 Å². The van der Waals surface area contributed by atoms with Crippen LogP contribution in [0.1, 0.15) is 62.1 Å². The molecule has 1 aliphatic carbocycles. The van der Waals surface area contributed by atoms with Gasteiger partial charge in [0, 0.05) is 30.0 Å². The molecule has 8 N–H and O–H groups in total. The van der Waals surface area contributed by atoms with Crippen molar-refractivity contribution >= 4 is 35.1 Å². The molecule has 3 aromatic heterocycles. The molecule has 1 aliphatic rings. The van der Waals surface area contributed by atoms with Crippen LogP contribution in [0.5, 0.6) is 0 Å². The number of aromatic amines is 1. The first-order valence-electron chi connectivity index (χ1n) is 13.3. The van der Waals surface area contributed by atoms with E-state index in [1.165, 1.54) is 24.5 Å². The number of carboxylic acid groups (broad SMARTS) is 1. The number of aliphatic hydroxyl groups excluding tert-OH is 3. The highest BCUT2D eigenvalue weighted by Crippen LogP contribution is 2.23. The number of nitrogens with two attached hydrogens (primary N) is 1. The van der Waals surface area contributed by atoms with Crippen molar-refractivity contribution in [3.05, 3.63) is 58.8 Å². The van der Waals surface area contributed by atoms with Crippen LogP contribution in [0, 0.1) is 11.8 Å². The Morgan fingerprint density at radius 2 is 1.91 bits per heavy atom. The lowest BCUT2D eigenvalue weighted by molar-refractivity contribution is -0.151. The molecule has 1 amide bonds. The van der Waals surface area contributed by atoms with Crippen LogP contribution in [0.3, 0.4) is 0 Å². The van der Waals surface area contributed by atoms with Crippen LogP contribution in [0.25, 0.3) is 16.3 Å². The van der Waals surface area contributed by atoms with E-state index in [1.807, 2.05) is 0 Å². The van der Waals surface area contributed by atoms with Crippen molar-refractivity contribution in [2.75, 3.05) is 6.61 Å². The first-order chi connectivity index (χ1) is 20.5. The number of rotatable bonds is 8. The molecule has 1 saturated carbocycles. The third-order valence-corrected chi connectivity index (χ3v) is 6.68. The molecule has 2 atom stereocenters. The zero-order chi connectivity index (χ0) is 31.9. The highest BCUT2D eigenvalue weighted by molar-refractivity contribution is 7.13. The number of carbonyl (C=O) groups excluding carboxylic acids is 1. The molecule has 0 bridgehead atoms. The molecule has 16 heteroatoms. The van der Waals surface area contributed by atoms with E-state index in [-0.39, 0.29) is 29.7 Å². The van der Waals surface area contributed by atoms with Gasteiger partial charge in [-0.3, -0.25) is 14.9 Å². The fourth-order valence-corrected chi connectivity index (χ4v) is 4.37. The van der Waals surface area contributed by atoms with E-state index in [2.05, 4.69) is 30.5 Å². The molecule has 1 fully saturated rings. The van der Waals surface area contributed by atoms with Gasteiger partial charge in [-0.2, -0.15) is 9.49 Å². The van der Waals surface area contributed by atoms with Gasteiger partial charge in [-0.1, -0.05) is 19.3 Å². The minimum atomic E-state index is -1.66. The van der Waals surface area contributed by atoms with Gasteiger partial charge in [0.15, 0.2) is 11.9 Å². The number of aliphatic hydroxyl groups is 3. The van der Waals surface area contributed by atoms with E-state index >= 15 is 0 Å². The summed E-state index contributed by atoms with van der Waals surface area (Å²) >= 11 is 1.27. The molecule has 0 saturated heterocycles. The van der Waals surface area contributed by atoms with Crippen molar-refractivity contribution in [1.29, 1.82) is 0 Å². The van der Waals surface area contributed by atoms with Crippen LogP contribution in [-0.4, -0.2) is 83.5 Å². The average Bonchev–Trinajstić information content (AvgIpc) is 3.70. The molecule has 13 nitrogen and oxygen atoms in total. The van der Waals surface area contributed by atoms with Gasteiger partial charge in [0.2, 0.25) is 5.95 Å². The Kier molecular flexibility index (Phi) is 14.5. The summed E-state index contributed by atoms with van der Waals surface area (Å²) in [4.78, 5) is 35.0. The summed E-state index contributed by atoms with van der Waals surface area (Å²) < 4.78 is 27.9. The molecule has 43 heavy (non-hydrogen) atoms. The van der Waals surface area contributed by atoms with Gasteiger partial charge >= 0.3 is 5.97 Å². The number of aliphatic carboxylic acids is 1. The zero-order valence-electron chi connectivity index (χ0n) is 23.6. The Labute approximate surface area is 250 Å². The van der Waals surface area contributed by atoms with E-state index in [1.54, 1.807) is 24.7 Å². The van der Waals surface area contributed by atoms with Crippen molar-refractivity contribution in [2.24, 2.45) is 10.7 Å². The topological polar surface area (TPSA) is 220 Å². The summed E-state index contributed by atoms with van der Waals surface area (Å²) in [6.07, 6.45) is 6.94. The Hall–Kier alpha value is -4.12. The Morgan fingerprint density at radius 3 is 2.47 bits per heavy atom. The van der Waals surface area contributed by atoms with Crippen LogP contribution in [0.4, 0.5) is 8.78 Å². The second kappa shape index (κ2) is 17.7. The maximum Gasteiger partial charge on any atom is 0.335 e. The number of hydrogen-bond acceptors (Lipinski definition) is 11. The number of pyridine rings is 1.